The minimum absolute atomic E-state index is 0.299. The highest BCUT2D eigenvalue weighted by Gasteiger charge is 2.31. The molecule has 86 valence electrons. The summed E-state index contributed by atoms with van der Waals surface area (Å²) in [5.74, 6) is 0. The van der Waals surface area contributed by atoms with Crippen molar-refractivity contribution in [1.82, 2.24) is 0 Å². The van der Waals surface area contributed by atoms with Gasteiger partial charge in [-0.2, -0.15) is 13.2 Å². The smallest absolute Gasteiger partial charge is 0.360 e. The monoisotopic (exact) mass is 228 g/mol. The largest absolute Gasteiger partial charge is 0.405 e. The number of para-hydroxylation sites is 1. The van der Waals surface area contributed by atoms with Crippen LogP contribution in [0.15, 0.2) is 29.3 Å². The van der Waals surface area contributed by atoms with Crippen molar-refractivity contribution in [2.75, 3.05) is 24.5 Å². The van der Waals surface area contributed by atoms with Crippen LogP contribution in [0.3, 0.4) is 0 Å². The standard InChI is InChI=1S/C11H11F3N2/c12-11(13,14)8-16-6-5-15-7-9-3-1-2-4-10(9)16/h1-4,7H,5-6,8H2. The molecule has 0 bridgehead atoms. The van der Waals surface area contributed by atoms with Crippen molar-refractivity contribution in [3.8, 4) is 0 Å². The van der Waals surface area contributed by atoms with E-state index in [4.69, 9.17) is 0 Å². The molecule has 0 saturated heterocycles. The van der Waals surface area contributed by atoms with Crippen LogP contribution in [0.25, 0.3) is 0 Å². The molecule has 0 aromatic heterocycles. The molecule has 0 spiro atoms. The van der Waals surface area contributed by atoms with Crippen LogP contribution in [0.4, 0.5) is 18.9 Å². The van der Waals surface area contributed by atoms with Gasteiger partial charge in [0.05, 0.1) is 6.54 Å². The van der Waals surface area contributed by atoms with Gasteiger partial charge in [0.15, 0.2) is 0 Å². The van der Waals surface area contributed by atoms with Gasteiger partial charge in [-0.3, -0.25) is 4.99 Å². The lowest BCUT2D eigenvalue weighted by molar-refractivity contribution is -0.119. The van der Waals surface area contributed by atoms with Crippen LogP contribution >= 0.6 is 0 Å². The van der Waals surface area contributed by atoms with Crippen LogP contribution in [-0.2, 0) is 0 Å². The highest BCUT2D eigenvalue weighted by molar-refractivity contribution is 5.88. The molecule has 0 fully saturated rings. The van der Waals surface area contributed by atoms with Gasteiger partial charge in [0.2, 0.25) is 0 Å². The second-order valence-electron chi connectivity index (χ2n) is 3.63. The number of hydrogen-bond acceptors (Lipinski definition) is 2. The average molecular weight is 228 g/mol. The Hall–Kier alpha value is -1.52. The van der Waals surface area contributed by atoms with Gasteiger partial charge >= 0.3 is 6.18 Å². The minimum Gasteiger partial charge on any atom is -0.360 e. The van der Waals surface area contributed by atoms with Crippen LogP contribution in [-0.4, -0.2) is 32.0 Å². The van der Waals surface area contributed by atoms with Gasteiger partial charge in [-0.05, 0) is 6.07 Å². The molecule has 0 unspecified atom stereocenters. The van der Waals surface area contributed by atoms with Crippen LogP contribution in [0, 0.1) is 0 Å². The SMILES string of the molecule is FC(F)(F)CN1CCN=Cc2ccccc21. The van der Waals surface area contributed by atoms with Crippen molar-refractivity contribution in [3.63, 3.8) is 0 Å². The molecule has 2 rings (SSSR count). The van der Waals surface area contributed by atoms with Gasteiger partial charge in [-0.15, -0.1) is 0 Å². The Morgan fingerprint density at radius 1 is 1.25 bits per heavy atom. The van der Waals surface area contributed by atoms with E-state index in [9.17, 15) is 13.2 Å². The molecule has 5 heteroatoms. The fourth-order valence-electron chi connectivity index (χ4n) is 1.73. The van der Waals surface area contributed by atoms with Crippen molar-refractivity contribution >= 4 is 11.9 Å². The van der Waals surface area contributed by atoms with E-state index in [-0.39, 0.29) is 0 Å². The van der Waals surface area contributed by atoms with Crippen molar-refractivity contribution in [1.29, 1.82) is 0 Å². The lowest BCUT2D eigenvalue weighted by atomic mass is 10.2. The molecule has 2 nitrogen and oxygen atoms in total. The second kappa shape index (κ2) is 4.15. The van der Waals surface area contributed by atoms with E-state index in [2.05, 4.69) is 4.99 Å². The molecular formula is C11H11F3N2. The minimum atomic E-state index is -4.18. The maximum atomic E-state index is 12.4. The summed E-state index contributed by atoms with van der Waals surface area (Å²) in [6.45, 7) is -0.231. The van der Waals surface area contributed by atoms with Gasteiger partial charge in [-0.25, -0.2) is 0 Å². The number of fused-ring (bicyclic) bond motifs is 1. The van der Waals surface area contributed by atoms with Crippen LogP contribution < -0.4 is 4.90 Å². The maximum absolute atomic E-state index is 12.4. The summed E-state index contributed by atoms with van der Waals surface area (Å²) < 4.78 is 37.2. The van der Waals surface area contributed by atoms with E-state index >= 15 is 0 Å². The number of benzene rings is 1. The summed E-state index contributed by atoms with van der Waals surface area (Å²) in [4.78, 5) is 5.38. The molecule has 16 heavy (non-hydrogen) atoms. The second-order valence-corrected chi connectivity index (χ2v) is 3.63. The number of nitrogens with zero attached hydrogens (tertiary/aromatic N) is 2. The maximum Gasteiger partial charge on any atom is 0.405 e. The van der Waals surface area contributed by atoms with E-state index in [0.29, 0.717) is 18.8 Å². The number of rotatable bonds is 1. The van der Waals surface area contributed by atoms with E-state index in [1.165, 1.54) is 4.90 Å². The Morgan fingerprint density at radius 2 is 2.00 bits per heavy atom. The molecule has 1 aromatic rings. The third-order valence-electron chi connectivity index (χ3n) is 2.38. The summed E-state index contributed by atoms with van der Waals surface area (Å²) in [7, 11) is 0. The summed E-state index contributed by atoms with van der Waals surface area (Å²) >= 11 is 0. The third kappa shape index (κ3) is 2.53. The summed E-state index contributed by atoms with van der Waals surface area (Å²) in [5, 5.41) is 0. The summed E-state index contributed by atoms with van der Waals surface area (Å²) in [6.07, 6.45) is -2.55. The molecule has 0 N–H and O–H groups in total. The van der Waals surface area contributed by atoms with Gasteiger partial charge in [-0.1, -0.05) is 18.2 Å². The lowest BCUT2D eigenvalue weighted by Crippen LogP contribution is -2.35. The molecule has 0 saturated carbocycles. The van der Waals surface area contributed by atoms with Gasteiger partial charge in [0.25, 0.3) is 0 Å². The first kappa shape index (κ1) is 11.0. The molecule has 1 aliphatic heterocycles. The Kier molecular flexibility index (Phi) is 2.85. The third-order valence-corrected chi connectivity index (χ3v) is 2.38. The van der Waals surface area contributed by atoms with Crippen molar-refractivity contribution in [3.05, 3.63) is 29.8 Å². The Morgan fingerprint density at radius 3 is 2.75 bits per heavy atom. The van der Waals surface area contributed by atoms with Crippen LogP contribution in [0.5, 0.6) is 0 Å². The zero-order valence-electron chi connectivity index (χ0n) is 8.54. The first-order chi connectivity index (χ1) is 7.56. The molecule has 0 radical (unpaired) electrons. The van der Waals surface area contributed by atoms with Crippen molar-refractivity contribution in [2.24, 2.45) is 4.99 Å². The van der Waals surface area contributed by atoms with Crippen molar-refractivity contribution in [2.45, 2.75) is 6.18 Å². The number of alkyl halides is 3. The molecule has 1 heterocycles. The number of hydrogen-bond donors (Lipinski definition) is 0. The Balaban J connectivity index is 2.29. The molecule has 1 aliphatic rings. The molecule has 1 aromatic carbocycles. The van der Waals surface area contributed by atoms with Gasteiger partial charge in [0.1, 0.15) is 6.54 Å². The quantitative estimate of drug-likeness (QED) is 0.721. The van der Waals surface area contributed by atoms with Crippen LogP contribution in [0.1, 0.15) is 5.56 Å². The summed E-state index contributed by atoms with van der Waals surface area (Å²) in [5.41, 5.74) is 1.34. The summed E-state index contributed by atoms with van der Waals surface area (Å²) in [6, 6.07) is 7.00. The van der Waals surface area contributed by atoms with Gasteiger partial charge in [0, 0.05) is 24.0 Å². The predicted molar refractivity (Wildman–Crippen MR) is 57.2 cm³/mol. The molecular weight excluding hydrogens is 217 g/mol. The van der Waals surface area contributed by atoms with E-state index in [0.717, 1.165) is 5.56 Å². The van der Waals surface area contributed by atoms with E-state index in [1.54, 1.807) is 30.5 Å². The van der Waals surface area contributed by atoms with Crippen LogP contribution in [0.2, 0.25) is 0 Å². The zero-order valence-corrected chi connectivity index (χ0v) is 8.54. The molecule has 0 atom stereocenters. The normalized spacial score (nSPS) is 15.8. The first-order valence-electron chi connectivity index (χ1n) is 4.97. The Labute approximate surface area is 91.4 Å². The number of halogens is 3. The average Bonchev–Trinajstić information content (AvgIpc) is 2.39. The first-order valence-corrected chi connectivity index (χ1v) is 4.97. The number of aliphatic imine (C=N–C) groups is 1. The fraction of sp³-hybridized carbons (Fsp3) is 0.364. The highest BCUT2D eigenvalue weighted by atomic mass is 19.4. The Bertz CT molecular complexity index is 398. The number of benzodiazepines with no additional fused rings is 1. The molecule has 0 aliphatic carbocycles. The van der Waals surface area contributed by atoms with E-state index in [1.807, 2.05) is 0 Å². The highest BCUT2D eigenvalue weighted by Crippen LogP contribution is 2.25. The topological polar surface area (TPSA) is 15.6 Å². The van der Waals surface area contributed by atoms with E-state index < -0.39 is 12.7 Å². The predicted octanol–water partition coefficient (Wildman–Crippen LogP) is 2.49. The van der Waals surface area contributed by atoms with Gasteiger partial charge < -0.3 is 4.90 Å². The van der Waals surface area contributed by atoms with Crippen molar-refractivity contribution < 1.29 is 13.2 Å². The fourth-order valence-corrected chi connectivity index (χ4v) is 1.73. The number of anilines is 1. The lowest BCUT2D eigenvalue weighted by Gasteiger charge is -2.25. The zero-order chi connectivity index (χ0) is 11.6. The molecule has 0 amide bonds.